The van der Waals surface area contributed by atoms with E-state index < -0.39 is 39.5 Å². The van der Waals surface area contributed by atoms with Gasteiger partial charge in [0.15, 0.2) is 15.6 Å². The minimum Gasteiger partial charge on any atom is -0.496 e. The van der Waals surface area contributed by atoms with Crippen molar-refractivity contribution < 1.29 is 50.2 Å². The summed E-state index contributed by atoms with van der Waals surface area (Å²) >= 11 is 9.42. The van der Waals surface area contributed by atoms with Gasteiger partial charge in [0.2, 0.25) is 5.76 Å². The Kier molecular flexibility index (Phi) is 19.3. The number of esters is 1. The number of carbonyl (C=O) groups excluding carboxylic acids is 1. The Bertz CT molecular complexity index is 2040. The summed E-state index contributed by atoms with van der Waals surface area (Å²) in [5, 5.41) is 11.1. The van der Waals surface area contributed by atoms with Crippen LogP contribution in [0.25, 0.3) is 10.8 Å². The van der Waals surface area contributed by atoms with Crippen LogP contribution in [0.15, 0.2) is 103 Å². The third-order valence-corrected chi connectivity index (χ3v) is 9.50. The highest BCUT2D eigenvalue weighted by atomic mass is 79.9. The van der Waals surface area contributed by atoms with Gasteiger partial charge in [-0.2, -0.15) is 13.2 Å². The summed E-state index contributed by atoms with van der Waals surface area (Å²) in [6, 6.07) is 20.7. The lowest BCUT2D eigenvalue weighted by molar-refractivity contribution is -0.153. The molecule has 0 saturated carbocycles. The third kappa shape index (κ3) is 14.3. The fraction of sp³-hybridized carbons (Fsp3) is 0.229. The number of furan rings is 1. The smallest absolute Gasteiger partial charge is 0.449 e. The highest BCUT2D eigenvalue weighted by Gasteiger charge is 2.34. The number of rotatable bonds is 7. The number of nitrogens with two attached hydrogens (primary N) is 1. The number of carboxylic acid groups (broad SMARTS) is 1. The molecule has 282 valence electrons. The number of benzene rings is 3. The van der Waals surface area contributed by atoms with Gasteiger partial charge in [-0.25, -0.2) is 13.2 Å². The second kappa shape index (κ2) is 21.7. The van der Waals surface area contributed by atoms with Crippen LogP contribution < -0.4 is 10.5 Å². The van der Waals surface area contributed by atoms with Crippen LogP contribution in [0.5, 0.6) is 5.75 Å². The van der Waals surface area contributed by atoms with E-state index >= 15 is 0 Å². The first-order valence-corrected chi connectivity index (χ1v) is 18.7. The highest BCUT2D eigenvalue weighted by molar-refractivity contribution is 9.10. The Morgan fingerprint density at radius 2 is 1.63 bits per heavy atom. The van der Waals surface area contributed by atoms with Crippen LogP contribution in [-0.4, -0.2) is 50.4 Å². The minimum atomic E-state index is -4.37. The molecular weight excluding hydrogens is 905 g/mol. The number of aromatic nitrogens is 1. The predicted molar refractivity (Wildman–Crippen MR) is 203 cm³/mol. The number of ether oxygens (including phenoxy) is 2. The second-order valence-corrected chi connectivity index (χ2v) is 14.4. The number of aryl methyl sites for hydroxylation is 1. The number of methoxy groups -OCH3 is 2. The summed E-state index contributed by atoms with van der Waals surface area (Å²) in [7, 11) is -0.885. The molecule has 2 heterocycles. The van der Waals surface area contributed by atoms with E-state index in [1.54, 1.807) is 7.11 Å². The van der Waals surface area contributed by atoms with E-state index in [-0.39, 0.29) is 18.1 Å². The zero-order valence-electron chi connectivity index (χ0n) is 27.2. The van der Waals surface area contributed by atoms with Crippen molar-refractivity contribution in [3.63, 3.8) is 0 Å². The van der Waals surface area contributed by atoms with E-state index in [2.05, 4.69) is 61.9 Å². The number of carbonyl (C=O) groups is 2. The van der Waals surface area contributed by atoms with Gasteiger partial charge in [-0.3, -0.25) is 9.78 Å². The van der Waals surface area contributed by atoms with Gasteiger partial charge in [0, 0.05) is 33.4 Å². The molecular formula is C35H36Br3F3N2O8S. The minimum absolute atomic E-state index is 0. The number of alkyl halides is 4. The lowest BCUT2D eigenvalue weighted by Crippen LogP contribution is -2.17. The van der Waals surface area contributed by atoms with Gasteiger partial charge < -0.3 is 24.7 Å². The number of hydrogen-bond donors (Lipinski definition) is 2. The largest absolute Gasteiger partial charge is 0.496 e. The van der Waals surface area contributed by atoms with E-state index in [4.69, 9.17) is 15.6 Å². The van der Waals surface area contributed by atoms with Gasteiger partial charge in [-0.1, -0.05) is 81.8 Å². The van der Waals surface area contributed by atoms with Crippen molar-refractivity contribution in [3.8, 4) is 5.75 Å². The number of carboxylic acids is 1. The van der Waals surface area contributed by atoms with Crippen molar-refractivity contribution >= 4 is 80.3 Å². The van der Waals surface area contributed by atoms with Crippen molar-refractivity contribution in [3.05, 3.63) is 122 Å². The van der Waals surface area contributed by atoms with Gasteiger partial charge in [-0.05, 0) is 69.5 Å². The molecule has 52 heavy (non-hydrogen) atoms. The van der Waals surface area contributed by atoms with Crippen molar-refractivity contribution in [2.45, 2.75) is 37.3 Å². The molecule has 0 fully saturated rings. The maximum Gasteiger partial charge on any atom is 0.449 e. The molecule has 2 aromatic heterocycles. The lowest BCUT2D eigenvalue weighted by Gasteiger charge is -2.05. The molecule has 0 saturated heterocycles. The van der Waals surface area contributed by atoms with Crippen molar-refractivity contribution in [1.82, 2.24) is 4.98 Å². The number of hydrogen-bond acceptors (Lipinski definition) is 9. The molecule has 3 aromatic carbocycles. The molecule has 0 aliphatic heterocycles. The van der Waals surface area contributed by atoms with E-state index in [1.165, 1.54) is 24.5 Å². The summed E-state index contributed by atoms with van der Waals surface area (Å²) in [6.45, 7) is 2.33. The number of halogens is 6. The number of fused-ring (bicyclic) bond motifs is 1. The van der Waals surface area contributed by atoms with E-state index in [0.717, 1.165) is 45.3 Å². The van der Waals surface area contributed by atoms with Crippen molar-refractivity contribution in [2.24, 2.45) is 5.73 Å². The molecule has 17 heteroatoms. The molecule has 0 aliphatic rings. The first kappa shape index (κ1) is 46.3. The summed E-state index contributed by atoms with van der Waals surface area (Å²) in [4.78, 5) is 25.6. The number of pyridine rings is 1. The van der Waals surface area contributed by atoms with Gasteiger partial charge in [0.05, 0.1) is 30.0 Å². The highest BCUT2D eigenvalue weighted by Crippen LogP contribution is 2.31. The van der Waals surface area contributed by atoms with Gasteiger partial charge >= 0.3 is 18.1 Å². The first-order valence-electron chi connectivity index (χ1n) is 14.3. The molecule has 3 N–H and O–H groups in total. The maximum atomic E-state index is 11.8. The lowest BCUT2D eigenvalue weighted by atomic mass is 10.00. The average Bonchev–Trinajstić information content (AvgIpc) is 3.59. The number of nitrogens with zero attached hydrogens (tertiary/aromatic N) is 1. The molecule has 5 rings (SSSR count). The van der Waals surface area contributed by atoms with Crippen molar-refractivity contribution in [2.75, 3.05) is 20.0 Å². The first-order chi connectivity index (χ1) is 24.0. The Hall–Kier alpha value is -3.77. The summed E-state index contributed by atoms with van der Waals surface area (Å²) in [6.07, 6.45) is -1.74. The zero-order chi connectivity index (χ0) is 38.4. The van der Waals surface area contributed by atoms with Crippen LogP contribution in [0.1, 0.15) is 40.4 Å². The van der Waals surface area contributed by atoms with Crippen LogP contribution >= 0.6 is 47.8 Å². The molecule has 0 spiro atoms. The third-order valence-electron chi connectivity index (χ3n) is 6.47. The SMILES string of the molecule is C.COC(=O)CS(=O)(=O)c1cncc(Br)c1.COc1cc(Br)ccc1CN.Cc1ccc2ccccc2c1C(=O)O.FC(F)(F)c1ccc(CBr)o1. The van der Waals surface area contributed by atoms with E-state index in [1.807, 2.05) is 61.5 Å². The zero-order valence-corrected chi connectivity index (χ0v) is 32.8. The molecule has 0 aliphatic carbocycles. The standard InChI is InChI=1S/C12H10O2.C8H8BrNO4S.C8H10BrNO.C6H4BrF3O.CH4/c1-8-6-7-9-4-2-3-5-10(9)11(8)12(13)14;1-14-8(11)5-15(12,13)7-2-6(9)3-10-4-7;1-11-8-4-7(9)3-2-6(8)5-10;7-3-4-1-2-5(11-4)6(8,9)10;/h2-7H,1H3,(H,13,14);2-4H,5H2,1H3;2-4H,5,10H2,1H3;1-2H,3H2;1H4. The van der Waals surface area contributed by atoms with E-state index in [9.17, 15) is 31.2 Å². The normalized spacial score (nSPS) is 10.6. The van der Waals surface area contributed by atoms with Gasteiger partial charge in [0.25, 0.3) is 0 Å². The van der Waals surface area contributed by atoms with Crippen LogP contribution in [0.3, 0.4) is 0 Å². The van der Waals surface area contributed by atoms with Crippen LogP contribution in [0, 0.1) is 6.92 Å². The maximum absolute atomic E-state index is 11.8. The predicted octanol–water partition coefficient (Wildman–Crippen LogP) is 9.38. The van der Waals surface area contributed by atoms with Gasteiger partial charge in [0.1, 0.15) is 11.5 Å². The molecule has 0 amide bonds. The fourth-order valence-corrected chi connectivity index (χ4v) is 6.29. The molecule has 10 nitrogen and oxygen atoms in total. The summed E-state index contributed by atoms with van der Waals surface area (Å²) < 4.78 is 74.0. The van der Waals surface area contributed by atoms with Crippen molar-refractivity contribution in [1.29, 1.82) is 0 Å². The van der Waals surface area contributed by atoms with Crippen LogP contribution in [-0.2, 0) is 37.4 Å². The molecule has 5 aromatic rings. The topological polar surface area (TPSA) is 159 Å². The van der Waals surface area contributed by atoms with Crippen LogP contribution in [0.4, 0.5) is 13.2 Å². The molecule has 0 unspecified atom stereocenters. The summed E-state index contributed by atoms with van der Waals surface area (Å²) in [5.74, 6) is -2.18. The second-order valence-electron chi connectivity index (χ2n) is 10.0. The van der Waals surface area contributed by atoms with E-state index in [0.29, 0.717) is 21.9 Å². The monoisotopic (exact) mass is 938 g/mol. The fourth-order valence-electron chi connectivity index (χ4n) is 4.01. The molecule has 0 bridgehead atoms. The van der Waals surface area contributed by atoms with Crippen LogP contribution in [0.2, 0.25) is 0 Å². The Balaban J connectivity index is 0.000000348. The Morgan fingerprint density at radius 1 is 0.962 bits per heavy atom. The molecule has 0 atom stereocenters. The van der Waals surface area contributed by atoms with Gasteiger partial charge in [-0.15, -0.1) is 0 Å². The Labute approximate surface area is 324 Å². The number of aromatic carboxylic acids is 1. The molecule has 0 radical (unpaired) electrons. The average molecular weight is 941 g/mol. The Morgan fingerprint density at radius 3 is 2.15 bits per heavy atom. The number of sulfone groups is 1. The quantitative estimate of drug-likeness (QED) is 0.119. The summed E-state index contributed by atoms with van der Waals surface area (Å²) in [5.41, 5.74) is 7.71.